The summed E-state index contributed by atoms with van der Waals surface area (Å²) in [5.74, 6) is 4.52. The monoisotopic (exact) mass is 263 g/mol. The molecule has 0 aromatic heterocycles. The number of hydrogen-bond donors (Lipinski definition) is 1. The number of benzene rings is 1. The van der Waals surface area contributed by atoms with Gasteiger partial charge in [-0.3, -0.25) is 4.79 Å². The zero-order valence-corrected chi connectivity index (χ0v) is 11.4. The fourth-order valence-electron chi connectivity index (χ4n) is 1.41. The summed E-state index contributed by atoms with van der Waals surface area (Å²) < 4.78 is 13.9. The van der Waals surface area contributed by atoms with Crippen LogP contribution in [0.25, 0.3) is 0 Å². The molecule has 0 saturated heterocycles. The molecular formula is C15H18FNO2. The minimum absolute atomic E-state index is 0.0101. The van der Waals surface area contributed by atoms with Crippen LogP contribution in [0.4, 0.5) is 4.39 Å². The molecule has 3 nitrogen and oxygen atoms in total. The van der Waals surface area contributed by atoms with E-state index in [0.29, 0.717) is 12.0 Å². The van der Waals surface area contributed by atoms with Crippen molar-refractivity contribution in [1.29, 1.82) is 0 Å². The minimum atomic E-state index is -0.576. The number of hydrogen-bond acceptors (Lipinski definition) is 2. The topological polar surface area (TPSA) is 40.5 Å². The van der Waals surface area contributed by atoms with Gasteiger partial charge in [0.05, 0.1) is 12.2 Å². The van der Waals surface area contributed by atoms with E-state index in [1.807, 2.05) is 13.8 Å². The average molecular weight is 263 g/mol. The molecule has 0 fully saturated rings. The summed E-state index contributed by atoms with van der Waals surface area (Å²) in [6, 6.07) is 4.30. The number of carbonyl (C=O) groups is 1. The molecule has 19 heavy (non-hydrogen) atoms. The molecule has 0 saturated carbocycles. The fraction of sp³-hybridized carbons (Fsp3) is 0.400. The predicted molar refractivity (Wildman–Crippen MR) is 72.2 cm³/mol. The van der Waals surface area contributed by atoms with Gasteiger partial charge in [0.15, 0.2) is 0 Å². The highest BCUT2D eigenvalue weighted by Gasteiger charge is 2.18. The normalized spacial score (nSPS) is 10.0. The minimum Gasteiger partial charge on any atom is -0.395 e. The molecule has 0 radical (unpaired) electrons. The van der Waals surface area contributed by atoms with Crippen LogP contribution < -0.4 is 0 Å². The van der Waals surface area contributed by atoms with Gasteiger partial charge in [-0.15, -0.1) is 0 Å². The van der Waals surface area contributed by atoms with Crippen molar-refractivity contribution in [2.75, 3.05) is 13.7 Å². The van der Waals surface area contributed by atoms with E-state index in [2.05, 4.69) is 11.8 Å². The number of aliphatic hydroxyl groups excluding tert-OH is 1. The molecule has 0 atom stereocenters. The molecule has 0 aliphatic heterocycles. The lowest BCUT2D eigenvalue weighted by Gasteiger charge is -2.21. The van der Waals surface area contributed by atoms with Gasteiger partial charge >= 0.3 is 0 Å². The van der Waals surface area contributed by atoms with Crippen molar-refractivity contribution in [1.82, 2.24) is 4.90 Å². The highest BCUT2D eigenvalue weighted by atomic mass is 19.1. The molecule has 102 valence electrons. The Bertz CT molecular complexity index is 515. The smallest absolute Gasteiger partial charge is 0.256 e. The van der Waals surface area contributed by atoms with E-state index in [1.54, 1.807) is 13.1 Å². The molecule has 1 aromatic rings. The fourth-order valence-corrected chi connectivity index (χ4v) is 1.41. The Balaban J connectivity index is 2.95. The van der Waals surface area contributed by atoms with E-state index in [4.69, 9.17) is 5.11 Å². The van der Waals surface area contributed by atoms with E-state index in [1.165, 1.54) is 17.0 Å². The maximum atomic E-state index is 13.9. The van der Waals surface area contributed by atoms with Crippen molar-refractivity contribution in [3.8, 4) is 11.8 Å². The summed E-state index contributed by atoms with van der Waals surface area (Å²) in [6.45, 7) is 3.71. The van der Waals surface area contributed by atoms with E-state index in [0.717, 1.165) is 0 Å². The Labute approximate surface area is 113 Å². The first-order chi connectivity index (χ1) is 8.97. The Morgan fingerprint density at radius 1 is 1.47 bits per heavy atom. The first kappa shape index (κ1) is 15.2. The maximum Gasteiger partial charge on any atom is 0.256 e. The highest BCUT2D eigenvalue weighted by molar-refractivity contribution is 5.94. The average Bonchev–Trinajstić information content (AvgIpc) is 2.37. The number of aliphatic hydroxyl groups is 1. The van der Waals surface area contributed by atoms with Crippen LogP contribution in [0.2, 0.25) is 0 Å². The first-order valence-electron chi connectivity index (χ1n) is 6.13. The molecule has 1 N–H and O–H groups in total. The third kappa shape index (κ3) is 4.08. The summed E-state index contributed by atoms with van der Waals surface area (Å²) in [4.78, 5) is 13.5. The van der Waals surface area contributed by atoms with Crippen molar-refractivity contribution in [3.63, 3.8) is 0 Å². The van der Waals surface area contributed by atoms with Crippen LogP contribution in [0.5, 0.6) is 0 Å². The molecule has 0 spiro atoms. The number of nitrogens with zero attached hydrogens (tertiary/aromatic N) is 1. The van der Waals surface area contributed by atoms with Crippen LogP contribution in [-0.4, -0.2) is 35.6 Å². The lowest BCUT2D eigenvalue weighted by molar-refractivity contribution is 0.0750. The van der Waals surface area contributed by atoms with Gasteiger partial charge in [-0.2, -0.15) is 0 Å². The van der Waals surface area contributed by atoms with Crippen molar-refractivity contribution < 1.29 is 14.3 Å². The Morgan fingerprint density at radius 2 is 2.16 bits per heavy atom. The Hall–Kier alpha value is -1.86. The van der Waals surface area contributed by atoms with Crippen molar-refractivity contribution >= 4 is 5.91 Å². The zero-order valence-electron chi connectivity index (χ0n) is 11.4. The Morgan fingerprint density at radius 3 is 2.68 bits per heavy atom. The van der Waals surface area contributed by atoms with Crippen LogP contribution in [0.15, 0.2) is 18.2 Å². The molecule has 0 aliphatic rings. The van der Waals surface area contributed by atoms with E-state index < -0.39 is 5.82 Å². The van der Waals surface area contributed by atoms with Gasteiger partial charge in [-0.05, 0) is 32.0 Å². The number of carbonyl (C=O) groups excluding carboxylic acids is 1. The molecule has 1 rings (SSSR count). The summed E-state index contributed by atoms with van der Waals surface area (Å²) >= 11 is 0. The summed E-state index contributed by atoms with van der Waals surface area (Å²) in [6.07, 6.45) is 0.346. The van der Waals surface area contributed by atoms with Crippen molar-refractivity contribution in [2.45, 2.75) is 26.3 Å². The highest BCUT2D eigenvalue weighted by Crippen LogP contribution is 2.13. The lowest BCUT2D eigenvalue weighted by Crippen LogP contribution is -2.33. The first-order valence-corrected chi connectivity index (χ1v) is 6.13. The van der Waals surface area contributed by atoms with Gasteiger partial charge in [0.1, 0.15) is 5.82 Å². The molecular weight excluding hydrogens is 245 g/mol. The SMILES string of the molecule is CC(C)N(C)C(=O)c1ccc(C#CCCO)cc1F. The molecule has 0 heterocycles. The lowest BCUT2D eigenvalue weighted by atomic mass is 10.1. The van der Waals surface area contributed by atoms with Crippen LogP contribution in [0, 0.1) is 17.7 Å². The molecule has 1 aromatic carbocycles. The second-order valence-electron chi connectivity index (χ2n) is 4.48. The van der Waals surface area contributed by atoms with Crippen LogP contribution in [-0.2, 0) is 0 Å². The molecule has 1 amide bonds. The molecule has 0 unspecified atom stereocenters. The van der Waals surface area contributed by atoms with E-state index in [9.17, 15) is 9.18 Å². The number of halogens is 1. The Kier molecular flexibility index (Phi) is 5.53. The molecule has 0 bridgehead atoms. The third-order valence-electron chi connectivity index (χ3n) is 2.76. The second kappa shape index (κ2) is 6.91. The van der Waals surface area contributed by atoms with Gasteiger partial charge < -0.3 is 10.0 Å². The van der Waals surface area contributed by atoms with Gasteiger partial charge in [0.25, 0.3) is 5.91 Å². The van der Waals surface area contributed by atoms with Gasteiger partial charge in [-0.25, -0.2) is 4.39 Å². The zero-order chi connectivity index (χ0) is 14.4. The van der Waals surface area contributed by atoms with Gasteiger partial charge in [0, 0.05) is 25.1 Å². The van der Waals surface area contributed by atoms with Gasteiger partial charge in [0.2, 0.25) is 0 Å². The van der Waals surface area contributed by atoms with Crippen molar-refractivity contribution in [2.24, 2.45) is 0 Å². The summed E-state index contributed by atoms with van der Waals surface area (Å²) in [5, 5.41) is 8.60. The maximum absolute atomic E-state index is 13.9. The quantitative estimate of drug-likeness (QED) is 0.848. The van der Waals surface area contributed by atoms with Crippen molar-refractivity contribution in [3.05, 3.63) is 35.1 Å². The summed E-state index contributed by atoms with van der Waals surface area (Å²) in [5.41, 5.74) is 0.540. The van der Waals surface area contributed by atoms with E-state index >= 15 is 0 Å². The number of rotatable bonds is 3. The van der Waals surface area contributed by atoms with E-state index in [-0.39, 0.29) is 24.1 Å². The van der Waals surface area contributed by atoms with Crippen LogP contribution in [0.1, 0.15) is 36.2 Å². The third-order valence-corrected chi connectivity index (χ3v) is 2.76. The largest absolute Gasteiger partial charge is 0.395 e. The summed E-state index contributed by atoms with van der Waals surface area (Å²) in [7, 11) is 1.64. The second-order valence-corrected chi connectivity index (χ2v) is 4.48. The molecule has 4 heteroatoms. The predicted octanol–water partition coefficient (Wildman–Crippen LogP) is 2.04. The van der Waals surface area contributed by atoms with Gasteiger partial charge in [-0.1, -0.05) is 11.8 Å². The molecule has 0 aliphatic carbocycles. The standard InChI is InChI=1S/C15H18FNO2/c1-11(2)17(3)15(19)13-8-7-12(10-14(13)16)6-4-5-9-18/h7-8,10-11,18H,5,9H2,1-3H3. The van der Waals surface area contributed by atoms with Crippen LogP contribution in [0.3, 0.4) is 0 Å². The number of amides is 1. The van der Waals surface area contributed by atoms with Crippen LogP contribution >= 0.6 is 0 Å².